The van der Waals surface area contributed by atoms with Gasteiger partial charge in [-0.25, -0.2) is 0 Å². The van der Waals surface area contributed by atoms with Gasteiger partial charge in [-0.2, -0.15) is 0 Å². The molecular formula is C12H16BrN3O2. The fraction of sp³-hybridized carbons (Fsp3) is 0.500. The van der Waals surface area contributed by atoms with Gasteiger partial charge >= 0.3 is 0 Å². The van der Waals surface area contributed by atoms with Crippen molar-refractivity contribution in [2.45, 2.75) is 25.8 Å². The lowest BCUT2D eigenvalue weighted by molar-refractivity contribution is -0.385. The Morgan fingerprint density at radius 3 is 2.94 bits per heavy atom. The van der Waals surface area contributed by atoms with Crippen molar-refractivity contribution in [3.05, 3.63) is 32.3 Å². The largest absolute Gasteiger partial charge is 0.366 e. The molecule has 98 valence electrons. The molecular weight excluding hydrogens is 298 g/mol. The Bertz CT molecular complexity index is 479. The minimum absolute atomic E-state index is 0.147. The van der Waals surface area contributed by atoms with Crippen LogP contribution in [-0.2, 0) is 0 Å². The van der Waals surface area contributed by atoms with Crippen LogP contribution in [0.3, 0.4) is 0 Å². The summed E-state index contributed by atoms with van der Waals surface area (Å²) in [4.78, 5) is 12.8. The van der Waals surface area contributed by atoms with E-state index in [0.29, 0.717) is 18.2 Å². The number of halogens is 1. The molecule has 0 radical (unpaired) electrons. The Morgan fingerprint density at radius 2 is 2.33 bits per heavy atom. The van der Waals surface area contributed by atoms with Crippen LogP contribution in [0.4, 0.5) is 11.4 Å². The van der Waals surface area contributed by atoms with Gasteiger partial charge in [-0.05, 0) is 41.8 Å². The third kappa shape index (κ3) is 2.35. The van der Waals surface area contributed by atoms with E-state index in [-0.39, 0.29) is 10.6 Å². The Morgan fingerprint density at radius 1 is 1.61 bits per heavy atom. The molecule has 1 unspecified atom stereocenters. The number of hydrogen-bond donors (Lipinski definition) is 1. The molecule has 0 amide bonds. The maximum Gasteiger partial charge on any atom is 0.273 e. The molecule has 0 spiro atoms. The second-order valence-corrected chi connectivity index (χ2v) is 5.43. The minimum atomic E-state index is -0.353. The van der Waals surface area contributed by atoms with Crippen molar-refractivity contribution in [1.29, 1.82) is 0 Å². The van der Waals surface area contributed by atoms with Gasteiger partial charge < -0.3 is 10.6 Å². The first kappa shape index (κ1) is 13.3. The zero-order chi connectivity index (χ0) is 13.3. The molecule has 2 N–H and O–H groups in total. The summed E-state index contributed by atoms with van der Waals surface area (Å²) in [6.45, 7) is 3.34. The maximum atomic E-state index is 10.9. The number of nitrogens with two attached hydrogens (primary N) is 1. The molecule has 0 bridgehead atoms. The van der Waals surface area contributed by atoms with E-state index in [1.165, 1.54) is 0 Å². The lowest BCUT2D eigenvalue weighted by Gasteiger charge is -2.27. The zero-order valence-electron chi connectivity index (χ0n) is 10.2. The van der Waals surface area contributed by atoms with Crippen LogP contribution >= 0.6 is 15.9 Å². The first-order valence-corrected chi connectivity index (χ1v) is 6.75. The third-order valence-electron chi connectivity index (χ3n) is 3.42. The lowest BCUT2D eigenvalue weighted by atomic mass is 10.1. The number of nitrogens with zero attached hydrogens (tertiary/aromatic N) is 2. The molecule has 1 aliphatic heterocycles. The highest BCUT2D eigenvalue weighted by Crippen LogP contribution is 2.36. The molecule has 1 aliphatic rings. The molecule has 18 heavy (non-hydrogen) atoms. The van der Waals surface area contributed by atoms with Crippen molar-refractivity contribution < 1.29 is 4.92 Å². The fourth-order valence-corrected chi connectivity index (χ4v) is 3.03. The average molecular weight is 314 g/mol. The topological polar surface area (TPSA) is 72.4 Å². The second kappa shape index (κ2) is 5.24. The van der Waals surface area contributed by atoms with Gasteiger partial charge in [0.25, 0.3) is 5.69 Å². The van der Waals surface area contributed by atoms with Gasteiger partial charge in [-0.1, -0.05) is 0 Å². The predicted octanol–water partition coefficient (Wildman–Crippen LogP) is 2.59. The second-order valence-electron chi connectivity index (χ2n) is 4.57. The number of nitro benzene ring substituents is 1. The summed E-state index contributed by atoms with van der Waals surface area (Å²) in [5.41, 5.74) is 7.60. The minimum Gasteiger partial charge on any atom is -0.366 e. The van der Waals surface area contributed by atoms with Crippen molar-refractivity contribution in [3.8, 4) is 0 Å². The summed E-state index contributed by atoms with van der Waals surface area (Å²) < 4.78 is 0.764. The van der Waals surface area contributed by atoms with Crippen LogP contribution in [-0.4, -0.2) is 24.1 Å². The molecule has 1 saturated heterocycles. The molecule has 1 fully saturated rings. The van der Waals surface area contributed by atoms with E-state index in [4.69, 9.17) is 5.73 Å². The first-order valence-electron chi connectivity index (χ1n) is 5.96. The number of hydrogen-bond acceptors (Lipinski definition) is 4. The number of anilines is 1. The summed E-state index contributed by atoms with van der Waals surface area (Å²) in [5.74, 6) is 0. The zero-order valence-corrected chi connectivity index (χ0v) is 11.8. The number of rotatable bonds is 3. The molecule has 1 heterocycles. The number of nitro groups is 1. The van der Waals surface area contributed by atoms with Crippen molar-refractivity contribution in [3.63, 3.8) is 0 Å². The molecule has 2 rings (SSSR count). The van der Waals surface area contributed by atoms with Crippen molar-refractivity contribution >= 4 is 27.3 Å². The quantitative estimate of drug-likeness (QED) is 0.687. The van der Waals surface area contributed by atoms with Crippen LogP contribution in [0.2, 0.25) is 0 Å². The van der Waals surface area contributed by atoms with Crippen LogP contribution in [0.1, 0.15) is 18.4 Å². The molecule has 1 atom stereocenters. The van der Waals surface area contributed by atoms with Gasteiger partial charge in [0.15, 0.2) is 0 Å². The highest BCUT2D eigenvalue weighted by Gasteiger charge is 2.26. The monoisotopic (exact) mass is 313 g/mol. The van der Waals surface area contributed by atoms with Gasteiger partial charge in [-0.3, -0.25) is 10.1 Å². The predicted molar refractivity (Wildman–Crippen MR) is 75.0 cm³/mol. The standard InChI is InChI=1S/C12H16BrN3O2/c1-8-5-12(10(13)6-11(8)16(17)18)15-4-2-3-9(15)7-14/h5-6,9H,2-4,7,14H2,1H3. The van der Waals surface area contributed by atoms with Gasteiger partial charge in [0.2, 0.25) is 0 Å². The average Bonchev–Trinajstić information content (AvgIpc) is 2.79. The van der Waals surface area contributed by atoms with Crippen LogP contribution < -0.4 is 10.6 Å². The molecule has 5 nitrogen and oxygen atoms in total. The van der Waals surface area contributed by atoms with Crippen LogP contribution in [0, 0.1) is 17.0 Å². The van der Waals surface area contributed by atoms with Crippen LogP contribution in [0.5, 0.6) is 0 Å². The Kier molecular flexibility index (Phi) is 3.87. The SMILES string of the molecule is Cc1cc(N2CCCC2CN)c(Br)cc1[N+](=O)[O-]. The van der Waals surface area contributed by atoms with Gasteiger partial charge in [0.05, 0.1) is 10.6 Å². The Labute approximate surface area is 114 Å². The van der Waals surface area contributed by atoms with Crippen LogP contribution in [0.25, 0.3) is 0 Å². The summed E-state index contributed by atoms with van der Waals surface area (Å²) in [6, 6.07) is 3.79. The molecule has 1 aromatic rings. The first-order chi connectivity index (χ1) is 8.54. The van der Waals surface area contributed by atoms with Gasteiger partial charge in [0.1, 0.15) is 0 Å². The Balaban J connectivity index is 2.40. The van der Waals surface area contributed by atoms with Crippen molar-refractivity contribution in [2.24, 2.45) is 5.73 Å². The molecule has 0 aliphatic carbocycles. The summed E-state index contributed by atoms with van der Waals surface area (Å²) in [6.07, 6.45) is 2.20. The molecule has 1 aromatic carbocycles. The lowest BCUT2D eigenvalue weighted by Crippen LogP contribution is -2.35. The third-order valence-corrected chi connectivity index (χ3v) is 4.06. The number of benzene rings is 1. The highest BCUT2D eigenvalue weighted by atomic mass is 79.9. The van der Waals surface area contributed by atoms with Gasteiger partial charge in [0, 0.05) is 35.2 Å². The smallest absolute Gasteiger partial charge is 0.273 e. The van der Waals surface area contributed by atoms with E-state index in [1.807, 2.05) is 6.07 Å². The van der Waals surface area contributed by atoms with E-state index >= 15 is 0 Å². The van der Waals surface area contributed by atoms with Crippen LogP contribution in [0.15, 0.2) is 16.6 Å². The normalized spacial score (nSPS) is 19.3. The maximum absolute atomic E-state index is 10.9. The summed E-state index contributed by atoms with van der Waals surface area (Å²) >= 11 is 3.43. The molecule has 6 heteroatoms. The van der Waals surface area contributed by atoms with E-state index in [1.54, 1.807) is 13.0 Å². The van der Waals surface area contributed by atoms with Crippen molar-refractivity contribution in [1.82, 2.24) is 0 Å². The Hall–Kier alpha value is -1.14. The highest BCUT2D eigenvalue weighted by molar-refractivity contribution is 9.10. The van der Waals surface area contributed by atoms with Gasteiger partial charge in [-0.15, -0.1) is 0 Å². The fourth-order valence-electron chi connectivity index (χ4n) is 2.47. The van der Waals surface area contributed by atoms with E-state index in [0.717, 1.165) is 29.5 Å². The summed E-state index contributed by atoms with van der Waals surface area (Å²) in [5, 5.41) is 10.9. The van der Waals surface area contributed by atoms with Crippen molar-refractivity contribution in [2.75, 3.05) is 18.0 Å². The molecule has 0 saturated carbocycles. The van der Waals surface area contributed by atoms with E-state index < -0.39 is 0 Å². The number of aryl methyl sites for hydroxylation is 1. The van der Waals surface area contributed by atoms with E-state index in [2.05, 4.69) is 20.8 Å². The molecule has 0 aromatic heterocycles. The summed E-state index contributed by atoms with van der Waals surface area (Å²) in [7, 11) is 0. The van der Waals surface area contributed by atoms with E-state index in [9.17, 15) is 10.1 Å².